The van der Waals surface area contributed by atoms with Crippen LogP contribution < -0.4 is 5.32 Å². The summed E-state index contributed by atoms with van der Waals surface area (Å²) >= 11 is 1.61. The lowest BCUT2D eigenvalue weighted by Gasteiger charge is -2.07. The van der Waals surface area contributed by atoms with Crippen molar-refractivity contribution in [3.05, 3.63) is 65.4 Å². The Kier molecular flexibility index (Phi) is 7.36. The first-order chi connectivity index (χ1) is 14.0. The zero-order chi connectivity index (χ0) is 20.6. The Morgan fingerprint density at radius 3 is 2.76 bits per heavy atom. The van der Waals surface area contributed by atoms with Crippen LogP contribution in [0.3, 0.4) is 0 Å². The van der Waals surface area contributed by atoms with E-state index < -0.39 is 0 Å². The van der Waals surface area contributed by atoms with E-state index in [0.29, 0.717) is 12.3 Å². The minimum Gasteiger partial charge on any atom is -0.456 e. The van der Waals surface area contributed by atoms with Crippen molar-refractivity contribution in [2.45, 2.75) is 31.6 Å². The molecule has 0 atom stereocenters. The molecular formula is C23H26N2O3S. The van der Waals surface area contributed by atoms with Gasteiger partial charge in [0.25, 0.3) is 5.91 Å². The molecule has 2 N–H and O–H groups in total. The van der Waals surface area contributed by atoms with Crippen LogP contribution in [-0.2, 0) is 20.7 Å². The first-order valence-electron chi connectivity index (χ1n) is 9.70. The molecule has 1 aromatic heterocycles. The third-order valence-corrected chi connectivity index (χ3v) is 5.80. The molecule has 3 rings (SSSR count). The van der Waals surface area contributed by atoms with Crippen LogP contribution in [0.2, 0.25) is 0 Å². The SMILES string of the molecule is Cc1ccc(SCCC(=O)OCC(=O)NCCc2c[nH]c3ccccc23)cc1C. The van der Waals surface area contributed by atoms with Gasteiger partial charge in [0.2, 0.25) is 0 Å². The highest BCUT2D eigenvalue weighted by molar-refractivity contribution is 7.99. The van der Waals surface area contributed by atoms with Crippen LogP contribution >= 0.6 is 11.8 Å². The molecular weight excluding hydrogens is 384 g/mol. The largest absolute Gasteiger partial charge is 0.456 e. The van der Waals surface area contributed by atoms with Crippen molar-refractivity contribution >= 4 is 34.5 Å². The van der Waals surface area contributed by atoms with E-state index in [9.17, 15) is 9.59 Å². The van der Waals surface area contributed by atoms with E-state index in [4.69, 9.17) is 4.74 Å². The number of carbonyl (C=O) groups excluding carboxylic acids is 2. The summed E-state index contributed by atoms with van der Waals surface area (Å²) in [4.78, 5) is 28.1. The third-order valence-electron chi connectivity index (χ3n) is 4.81. The van der Waals surface area contributed by atoms with Crippen molar-refractivity contribution in [3.8, 4) is 0 Å². The maximum atomic E-state index is 11.9. The lowest BCUT2D eigenvalue weighted by atomic mass is 10.1. The molecule has 0 bridgehead atoms. The Balaban J connectivity index is 1.31. The summed E-state index contributed by atoms with van der Waals surface area (Å²) in [6.45, 7) is 4.42. The Bertz CT molecular complexity index is 997. The number of benzene rings is 2. The van der Waals surface area contributed by atoms with E-state index in [1.54, 1.807) is 11.8 Å². The molecule has 152 valence electrons. The molecule has 3 aromatic rings. The second-order valence-corrected chi connectivity index (χ2v) is 8.13. The zero-order valence-electron chi connectivity index (χ0n) is 16.8. The highest BCUT2D eigenvalue weighted by Gasteiger charge is 2.09. The van der Waals surface area contributed by atoms with Crippen LogP contribution in [0, 0.1) is 13.8 Å². The van der Waals surface area contributed by atoms with Gasteiger partial charge in [0.15, 0.2) is 6.61 Å². The number of fused-ring (bicyclic) bond motifs is 1. The minimum atomic E-state index is -0.354. The summed E-state index contributed by atoms with van der Waals surface area (Å²) in [5.74, 6) is -0.00289. The quantitative estimate of drug-likeness (QED) is 0.410. The number of hydrogen-bond acceptors (Lipinski definition) is 4. The van der Waals surface area contributed by atoms with Crippen molar-refractivity contribution in [2.75, 3.05) is 18.9 Å². The predicted octanol–water partition coefficient (Wildman–Crippen LogP) is 4.17. The van der Waals surface area contributed by atoms with Crippen LogP contribution in [0.5, 0.6) is 0 Å². The molecule has 2 aromatic carbocycles. The summed E-state index contributed by atoms with van der Waals surface area (Å²) in [6.07, 6.45) is 2.96. The van der Waals surface area contributed by atoms with Crippen molar-refractivity contribution in [1.29, 1.82) is 0 Å². The molecule has 29 heavy (non-hydrogen) atoms. The molecule has 1 heterocycles. The number of ether oxygens (including phenoxy) is 1. The van der Waals surface area contributed by atoms with Crippen LogP contribution in [0.25, 0.3) is 10.9 Å². The van der Waals surface area contributed by atoms with E-state index >= 15 is 0 Å². The number of rotatable bonds is 9. The van der Waals surface area contributed by atoms with Gasteiger partial charge in [0.1, 0.15) is 0 Å². The van der Waals surface area contributed by atoms with Crippen LogP contribution in [0.1, 0.15) is 23.1 Å². The number of esters is 1. The third kappa shape index (κ3) is 6.12. The zero-order valence-corrected chi connectivity index (χ0v) is 17.6. The van der Waals surface area contributed by atoms with Crippen LogP contribution in [-0.4, -0.2) is 35.8 Å². The molecule has 0 aliphatic carbocycles. The molecule has 0 aliphatic heterocycles. The second kappa shape index (κ2) is 10.2. The molecule has 0 fully saturated rings. The van der Waals surface area contributed by atoms with Gasteiger partial charge < -0.3 is 15.0 Å². The monoisotopic (exact) mass is 410 g/mol. The molecule has 0 spiro atoms. The van der Waals surface area contributed by atoms with E-state index in [-0.39, 0.29) is 24.9 Å². The smallest absolute Gasteiger partial charge is 0.307 e. The number of carbonyl (C=O) groups is 2. The van der Waals surface area contributed by atoms with E-state index in [1.165, 1.54) is 11.1 Å². The van der Waals surface area contributed by atoms with E-state index in [1.807, 2.05) is 24.4 Å². The van der Waals surface area contributed by atoms with Crippen molar-refractivity contribution in [2.24, 2.45) is 0 Å². The van der Waals surface area contributed by atoms with Gasteiger partial charge in [-0.2, -0.15) is 0 Å². The van der Waals surface area contributed by atoms with Crippen molar-refractivity contribution < 1.29 is 14.3 Å². The summed E-state index contributed by atoms with van der Waals surface area (Å²) in [6, 6.07) is 14.3. The van der Waals surface area contributed by atoms with Gasteiger partial charge in [-0.3, -0.25) is 9.59 Å². The Labute approximate surface area is 175 Å². The molecule has 6 heteroatoms. The first-order valence-corrected chi connectivity index (χ1v) is 10.7. The molecule has 5 nitrogen and oxygen atoms in total. The highest BCUT2D eigenvalue weighted by atomic mass is 32.2. The van der Waals surface area contributed by atoms with Crippen LogP contribution in [0.15, 0.2) is 53.6 Å². The number of para-hydroxylation sites is 1. The van der Waals surface area contributed by atoms with E-state index in [0.717, 1.165) is 27.8 Å². The van der Waals surface area contributed by atoms with Crippen LogP contribution in [0.4, 0.5) is 0 Å². The summed E-state index contributed by atoms with van der Waals surface area (Å²) < 4.78 is 5.07. The Morgan fingerprint density at radius 1 is 1.10 bits per heavy atom. The maximum Gasteiger partial charge on any atom is 0.307 e. The Hall–Kier alpha value is -2.73. The molecule has 0 saturated heterocycles. The maximum absolute atomic E-state index is 11.9. The fourth-order valence-electron chi connectivity index (χ4n) is 3.00. The lowest BCUT2D eigenvalue weighted by Crippen LogP contribution is -2.30. The number of thioether (sulfide) groups is 1. The topological polar surface area (TPSA) is 71.2 Å². The number of hydrogen-bond donors (Lipinski definition) is 2. The number of amides is 1. The highest BCUT2D eigenvalue weighted by Crippen LogP contribution is 2.21. The van der Waals surface area contributed by atoms with Crippen molar-refractivity contribution in [3.63, 3.8) is 0 Å². The van der Waals surface area contributed by atoms with E-state index in [2.05, 4.69) is 48.4 Å². The average Bonchev–Trinajstić information content (AvgIpc) is 3.12. The standard InChI is InChI=1S/C23H26N2O3S/c1-16-7-8-19(13-17(16)2)29-12-10-23(27)28-15-22(26)24-11-9-18-14-25-21-6-4-3-5-20(18)21/h3-8,13-14,25H,9-12,15H2,1-2H3,(H,24,26). The summed E-state index contributed by atoms with van der Waals surface area (Å²) in [7, 11) is 0. The Morgan fingerprint density at radius 2 is 1.93 bits per heavy atom. The summed E-state index contributed by atoms with van der Waals surface area (Å²) in [5, 5.41) is 3.96. The average molecular weight is 411 g/mol. The number of nitrogens with one attached hydrogen (secondary N) is 2. The van der Waals surface area contributed by atoms with Gasteiger partial charge in [-0.05, 0) is 55.2 Å². The molecule has 0 unspecified atom stereocenters. The number of aromatic amines is 1. The van der Waals surface area contributed by atoms with Gasteiger partial charge in [0, 0.05) is 34.3 Å². The number of H-pyrrole nitrogens is 1. The predicted molar refractivity (Wildman–Crippen MR) is 117 cm³/mol. The normalized spacial score (nSPS) is 10.8. The molecule has 0 radical (unpaired) electrons. The second-order valence-electron chi connectivity index (χ2n) is 6.96. The van der Waals surface area contributed by atoms with Gasteiger partial charge >= 0.3 is 5.97 Å². The molecule has 0 saturated carbocycles. The van der Waals surface area contributed by atoms with Gasteiger partial charge in [0.05, 0.1) is 6.42 Å². The fraction of sp³-hybridized carbons (Fsp3) is 0.304. The first kappa shape index (κ1) is 21.0. The number of aromatic nitrogens is 1. The molecule has 0 aliphatic rings. The minimum absolute atomic E-state index is 0.235. The fourth-order valence-corrected chi connectivity index (χ4v) is 3.93. The van der Waals surface area contributed by atoms with Crippen molar-refractivity contribution in [1.82, 2.24) is 10.3 Å². The van der Waals surface area contributed by atoms with Gasteiger partial charge in [-0.25, -0.2) is 0 Å². The summed E-state index contributed by atoms with van der Waals surface area (Å²) in [5.41, 5.74) is 4.73. The molecule has 1 amide bonds. The van der Waals surface area contributed by atoms with Gasteiger partial charge in [-0.15, -0.1) is 11.8 Å². The van der Waals surface area contributed by atoms with Gasteiger partial charge in [-0.1, -0.05) is 24.3 Å². The lowest BCUT2D eigenvalue weighted by molar-refractivity contribution is -0.148. The number of aryl methyl sites for hydroxylation is 2.